The molecule has 1 saturated carbocycles. The van der Waals surface area contributed by atoms with E-state index in [1.54, 1.807) is 0 Å². The molecule has 18 heavy (non-hydrogen) atoms. The van der Waals surface area contributed by atoms with Crippen LogP contribution >= 0.6 is 0 Å². The Morgan fingerprint density at radius 3 is 2.56 bits per heavy atom. The zero-order valence-corrected chi connectivity index (χ0v) is 10.5. The van der Waals surface area contributed by atoms with E-state index in [9.17, 15) is 0 Å². The highest BCUT2D eigenvalue weighted by molar-refractivity contribution is 5.97. The molecule has 0 spiro atoms. The van der Waals surface area contributed by atoms with Gasteiger partial charge in [0.2, 0.25) is 0 Å². The fourth-order valence-corrected chi connectivity index (χ4v) is 2.48. The molecule has 1 atom stereocenters. The van der Waals surface area contributed by atoms with Crippen LogP contribution in [-0.2, 0) is 0 Å². The molecule has 2 nitrogen and oxygen atoms in total. The summed E-state index contributed by atoms with van der Waals surface area (Å²) in [4.78, 5) is 0. The molecular weight excluding hydrogens is 220 g/mol. The number of nitrogens with zero attached hydrogens (tertiary/aromatic N) is 1. The number of anilines is 1. The Hall–Kier alpha value is -2.01. The summed E-state index contributed by atoms with van der Waals surface area (Å²) < 4.78 is 0. The molecule has 0 heterocycles. The van der Waals surface area contributed by atoms with Crippen LogP contribution in [0, 0.1) is 17.2 Å². The third kappa shape index (κ3) is 1.93. The Bertz CT molecular complexity index is 621. The van der Waals surface area contributed by atoms with Gasteiger partial charge in [-0.25, -0.2) is 0 Å². The lowest BCUT2D eigenvalue weighted by Gasteiger charge is -2.16. The quantitative estimate of drug-likeness (QED) is 0.876. The molecule has 90 valence electrons. The van der Waals surface area contributed by atoms with Gasteiger partial charge in [-0.2, -0.15) is 5.26 Å². The molecule has 0 radical (unpaired) electrons. The first kappa shape index (κ1) is 11.1. The molecule has 1 aliphatic rings. The van der Waals surface area contributed by atoms with Crippen LogP contribution in [0.3, 0.4) is 0 Å². The average molecular weight is 236 g/mol. The van der Waals surface area contributed by atoms with Gasteiger partial charge in [0.25, 0.3) is 0 Å². The summed E-state index contributed by atoms with van der Waals surface area (Å²) >= 11 is 0. The van der Waals surface area contributed by atoms with E-state index in [0.717, 1.165) is 27.9 Å². The normalized spacial score (nSPS) is 16.2. The van der Waals surface area contributed by atoms with Gasteiger partial charge in [0.05, 0.1) is 11.6 Å². The number of nitriles is 1. The zero-order valence-electron chi connectivity index (χ0n) is 10.5. The largest absolute Gasteiger partial charge is 0.382 e. The summed E-state index contributed by atoms with van der Waals surface area (Å²) in [6, 6.07) is 14.8. The van der Waals surface area contributed by atoms with Crippen LogP contribution in [0.25, 0.3) is 10.8 Å². The van der Waals surface area contributed by atoms with Crippen molar-refractivity contribution in [2.75, 3.05) is 5.32 Å². The summed E-state index contributed by atoms with van der Waals surface area (Å²) in [6.45, 7) is 2.24. The second-order valence-electron chi connectivity index (χ2n) is 5.09. The predicted molar refractivity (Wildman–Crippen MR) is 74.5 cm³/mol. The van der Waals surface area contributed by atoms with Crippen LogP contribution in [0.15, 0.2) is 36.4 Å². The van der Waals surface area contributed by atoms with Crippen LogP contribution in [0.5, 0.6) is 0 Å². The Balaban J connectivity index is 2.04. The number of rotatable bonds is 3. The van der Waals surface area contributed by atoms with Crippen LogP contribution < -0.4 is 5.32 Å². The van der Waals surface area contributed by atoms with Crippen molar-refractivity contribution in [2.24, 2.45) is 5.92 Å². The highest BCUT2D eigenvalue weighted by atomic mass is 14.9. The minimum Gasteiger partial charge on any atom is -0.382 e. The number of benzene rings is 2. The van der Waals surface area contributed by atoms with Crippen molar-refractivity contribution < 1.29 is 0 Å². The van der Waals surface area contributed by atoms with E-state index in [1.807, 2.05) is 30.3 Å². The van der Waals surface area contributed by atoms with E-state index in [-0.39, 0.29) is 0 Å². The van der Waals surface area contributed by atoms with Gasteiger partial charge in [-0.05, 0) is 37.8 Å². The third-order valence-electron chi connectivity index (χ3n) is 3.76. The van der Waals surface area contributed by atoms with Crippen molar-refractivity contribution in [2.45, 2.75) is 25.8 Å². The lowest BCUT2D eigenvalue weighted by Crippen LogP contribution is -2.17. The highest BCUT2D eigenvalue weighted by Gasteiger charge is 2.28. The van der Waals surface area contributed by atoms with Gasteiger partial charge < -0.3 is 5.32 Å². The summed E-state index contributed by atoms with van der Waals surface area (Å²) in [5.41, 5.74) is 1.89. The van der Waals surface area contributed by atoms with Gasteiger partial charge in [0, 0.05) is 22.5 Å². The van der Waals surface area contributed by atoms with Crippen molar-refractivity contribution in [3.05, 3.63) is 42.0 Å². The van der Waals surface area contributed by atoms with Gasteiger partial charge in [-0.3, -0.25) is 0 Å². The smallest absolute Gasteiger partial charge is 0.0998 e. The molecule has 1 N–H and O–H groups in total. The van der Waals surface area contributed by atoms with E-state index in [1.165, 1.54) is 12.8 Å². The zero-order chi connectivity index (χ0) is 12.5. The molecule has 3 rings (SSSR count). The van der Waals surface area contributed by atoms with Crippen LogP contribution in [0.4, 0.5) is 5.69 Å². The first-order chi connectivity index (χ1) is 8.79. The lowest BCUT2D eigenvalue weighted by molar-refractivity contribution is 0.695. The third-order valence-corrected chi connectivity index (χ3v) is 3.76. The predicted octanol–water partition coefficient (Wildman–Crippen LogP) is 3.92. The molecule has 2 aromatic carbocycles. The fourth-order valence-electron chi connectivity index (χ4n) is 2.48. The van der Waals surface area contributed by atoms with Gasteiger partial charge in [0.15, 0.2) is 0 Å². The van der Waals surface area contributed by atoms with E-state index < -0.39 is 0 Å². The maximum absolute atomic E-state index is 9.14. The second-order valence-corrected chi connectivity index (χ2v) is 5.09. The van der Waals surface area contributed by atoms with Crippen molar-refractivity contribution in [3.63, 3.8) is 0 Å². The molecule has 1 fully saturated rings. The molecule has 0 aliphatic heterocycles. The van der Waals surface area contributed by atoms with Crippen LogP contribution in [0.2, 0.25) is 0 Å². The molecule has 2 heteroatoms. The second kappa shape index (κ2) is 4.34. The maximum atomic E-state index is 9.14. The van der Waals surface area contributed by atoms with Crippen LogP contribution in [-0.4, -0.2) is 6.04 Å². The van der Waals surface area contributed by atoms with Gasteiger partial charge in [0.1, 0.15) is 0 Å². The SMILES string of the molecule is CC(Nc1ccc(C#N)c2ccccc12)C1CC1. The van der Waals surface area contributed by atoms with Gasteiger partial charge >= 0.3 is 0 Å². The first-order valence-corrected chi connectivity index (χ1v) is 6.48. The fraction of sp³-hybridized carbons (Fsp3) is 0.312. The minimum atomic E-state index is 0.515. The average Bonchev–Trinajstić information content (AvgIpc) is 3.23. The standard InChI is InChI=1S/C16H16N2/c1-11(12-6-7-12)18-16-9-8-13(10-17)14-4-2-3-5-15(14)16/h2-5,8-9,11-12,18H,6-7H2,1H3. The van der Waals surface area contributed by atoms with Crippen molar-refractivity contribution in [1.29, 1.82) is 5.26 Å². The monoisotopic (exact) mass is 236 g/mol. The van der Waals surface area contributed by atoms with Crippen molar-refractivity contribution in [3.8, 4) is 6.07 Å². The molecule has 0 bridgehead atoms. The molecule has 0 saturated heterocycles. The number of hydrogen-bond acceptors (Lipinski definition) is 2. The van der Waals surface area contributed by atoms with Gasteiger partial charge in [-0.15, -0.1) is 0 Å². The van der Waals surface area contributed by atoms with Gasteiger partial charge in [-0.1, -0.05) is 24.3 Å². The summed E-state index contributed by atoms with van der Waals surface area (Å²) in [5.74, 6) is 0.819. The van der Waals surface area contributed by atoms with E-state index in [0.29, 0.717) is 6.04 Å². The Morgan fingerprint density at radius 1 is 1.17 bits per heavy atom. The Kier molecular flexibility index (Phi) is 2.68. The topological polar surface area (TPSA) is 35.8 Å². The molecule has 0 amide bonds. The van der Waals surface area contributed by atoms with Crippen molar-refractivity contribution >= 4 is 16.5 Å². The Labute approximate surface area is 107 Å². The van der Waals surface area contributed by atoms with E-state index >= 15 is 0 Å². The van der Waals surface area contributed by atoms with E-state index in [2.05, 4.69) is 24.4 Å². The number of nitrogens with one attached hydrogen (secondary N) is 1. The summed E-state index contributed by atoms with van der Waals surface area (Å²) in [7, 11) is 0. The number of hydrogen-bond donors (Lipinski definition) is 1. The molecule has 1 aliphatic carbocycles. The van der Waals surface area contributed by atoms with Crippen molar-refractivity contribution in [1.82, 2.24) is 0 Å². The highest BCUT2D eigenvalue weighted by Crippen LogP contribution is 2.35. The van der Waals surface area contributed by atoms with E-state index in [4.69, 9.17) is 5.26 Å². The summed E-state index contributed by atoms with van der Waals surface area (Å²) in [6.07, 6.45) is 2.67. The Morgan fingerprint density at radius 2 is 1.89 bits per heavy atom. The van der Waals surface area contributed by atoms with Crippen LogP contribution in [0.1, 0.15) is 25.3 Å². The first-order valence-electron chi connectivity index (χ1n) is 6.48. The molecule has 2 aromatic rings. The lowest BCUT2D eigenvalue weighted by atomic mass is 10.0. The molecular formula is C16H16N2. The maximum Gasteiger partial charge on any atom is 0.0998 e. The number of fused-ring (bicyclic) bond motifs is 1. The minimum absolute atomic E-state index is 0.515. The molecule has 1 unspecified atom stereocenters. The molecule has 0 aromatic heterocycles. The summed E-state index contributed by atoms with van der Waals surface area (Å²) in [5, 5.41) is 14.9.